The van der Waals surface area contributed by atoms with Gasteiger partial charge in [-0.1, -0.05) is 6.92 Å². The van der Waals surface area contributed by atoms with E-state index in [1.165, 1.54) is 11.3 Å². The van der Waals surface area contributed by atoms with Crippen LogP contribution >= 0.6 is 23.1 Å². The molecule has 0 aliphatic rings. The fourth-order valence-electron chi connectivity index (χ4n) is 1.21. The summed E-state index contributed by atoms with van der Waals surface area (Å²) in [4.78, 5) is 4.14. The van der Waals surface area contributed by atoms with Crippen molar-refractivity contribution in [3.05, 3.63) is 16.6 Å². The number of halogens is 3. The van der Waals surface area contributed by atoms with Gasteiger partial charge in [-0.05, 0) is 18.2 Å². The maximum absolute atomic E-state index is 11.9. The molecule has 0 aliphatic carbocycles. The van der Waals surface area contributed by atoms with Gasteiger partial charge in [0.15, 0.2) is 0 Å². The summed E-state index contributed by atoms with van der Waals surface area (Å²) in [5, 5.41) is 5.87. The highest BCUT2D eigenvalue weighted by Gasteiger charge is 2.27. The van der Waals surface area contributed by atoms with E-state index in [9.17, 15) is 13.2 Å². The van der Waals surface area contributed by atoms with Gasteiger partial charge in [0.05, 0.1) is 6.04 Å². The zero-order valence-electron chi connectivity index (χ0n) is 8.75. The summed E-state index contributed by atoms with van der Waals surface area (Å²) >= 11 is 1.52. The van der Waals surface area contributed by atoms with Gasteiger partial charge in [-0.3, -0.25) is 0 Å². The lowest BCUT2D eigenvalue weighted by atomic mass is 10.2. The molecule has 1 atom stereocenters. The van der Waals surface area contributed by atoms with Crippen LogP contribution in [0.25, 0.3) is 0 Å². The Morgan fingerprint density at radius 1 is 1.56 bits per heavy atom. The topological polar surface area (TPSA) is 24.9 Å². The van der Waals surface area contributed by atoms with Crippen LogP contribution < -0.4 is 5.32 Å². The minimum absolute atomic E-state index is 0.00378. The number of nitrogens with zero attached hydrogens (tertiary/aromatic N) is 1. The number of hydrogen-bond donors (Lipinski definition) is 1. The zero-order valence-corrected chi connectivity index (χ0v) is 10.4. The lowest BCUT2D eigenvalue weighted by molar-refractivity contribution is -0.0327. The molecule has 0 fully saturated rings. The van der Waals surface area contributed by atoms with Crippen LogP contribution in [0.5, 0.6) is 0 Å². The Balaban J connectivity index is 2.25. The van der Waals surface area contributed by atoms with Crippen molar-refractivity contribution in [2.45, 2.75) is 24.9 Å². The molecule has 0 saturated heterocycles. The van der Waals surface area contributed by atoms with Crippen molar-refractivity contribution in [1.29, 1.82) is 0 Å². The first kappa shape index (κ1) is 13.8. The molecule has 1 heterocycles. The van der Waals surface area contributed by atoms with Gasteiger partial charge in [0.2, 0.25) is 0 Å². The number of rotatable bonds is 6. The third kappa shape index (κ3) is 5.18. The van der Waals surface area contributed by atoms with Crippen molar-refractivity contribution < 1.29 is 13.2 Å². The molecule has 0 bridgehead atoms. The number of thioether (sulfide) groups is 1. The maximum atomic E-state index is 11.9. The van der Waals surface area contributed by atoms with Crippen LogP contribution in [-0.2, 0) is 0 Å². The second-order valence-corrected chi connectivity index (χ2v) is 5.17. The third-order valence-electron chi connectivity index (χ3n) is 1.92. The first-order chi connectivity index (χ1) is 7.53. The molecule has 16 heavy (non-hydrogen) atoms. The number of alkyl halides is 3. The minimum atomic E-state index is -4.13. The van der Waals surface area contributed by atoms with Gasteiger partial charge in [-0.15, -0.1) is 11.3 Å². The quantitative estimate of drug-likeness (QED) is 0.802. The summed E-state index contributed by atoms with van der Waals surface area (Å²) < 4.78 is 35.6. The molecular formula is C9H13F3N2S2. The van der Waals surface area contributed by atoms with Gasteiger partial charge < -0.3 is 5.32 Å². The minimum Gasteiger partial charge on any atom is -0.307 e. The van der Waals surface area contributed by atoms with Gasteiger partial charge in [0.1, 0.15) is 5.01 Å². The fourth-order valence-corrected chi connectivity index (χ4v) is 2.46. The first-order valence-corrected chi connectivity index (χ1v) is 6.73. The second kappa shape index (κ2) is 6.46. The summed E-state index contributed by atoms with van der Waals surface area (Å²) in [6, 6.07) is 0.0637. The van der Waals surface area contributed by atoms with E-state index in [-0.39, 0.29) is 23.6 Å². The molecule has 1 rings (SSSR count). The summed E-state index contributed by atoms with van der Waals surface area (Å²) in [5.41, 5.74) is -4.13. The van der Waals surface area contributed by atoms with Crippen molar-refractivity contribution in [3.8, 4) is 0 Å². The van der Waals surface area contributed by atoms with Gasteiger partial charge in [0, 0.05) is 23.9 Å². The highest BCUT2D eigenvalue weighted by Crippen LogP contribution is 2.29. The highest BCUT2D eigenvalue weighted by molar-refractivity contribution is 8.00. The van der Waals surface area contributed by atoms with Crippen molar-refractivity contribution in [1.82, 2.24) is 10.3 Å². The molecule has 1 aromatic rings. The molecular weight excluding hydrogens is 257 g/mol. The monoisotopic (exact) mass is 270 g/mol. The van der Waals surface area contributed by atoms with Gasteiger partial charge in [-0.2, -0.15) is 13.2 Å². The molecule has 1 unspecified atom stereocenters. The average Bonchev–Trinajstić information content (AvgIpc) is 2.69. The van der Waals surface area contributed by atoms with Crippen LogP contribution in [0.4, 0.5) is 13.2 Å². The van der Waals surface area contributed by atoms with Gasteiger partial charge in [-0.25, -0.2) is 4.98 Å². The van der Waals surface area contributed by atoms with Crippen LogP contribution in [0, 0.1) is 0 Å². The Hall–Kier alpha value is -0.270. The molecule has 92 valence electrons. The lowest BCUT2D eigenvalue weighted by Crippen LogP contribution is -2.24. The van der Waals surface area contributed by atoms with Crippen LogP contribution in [0.2, 0.25) is 0 Å². The van der Waals surface area contributed by atoms with Gasteiger partial charge in [0.25, 0.3) is 0 Å². The molecule has 0 aliphatic heterocycles. The molecule has 0 radical (unpaired) electrons. The molecule has 0 amide bonds. The van der Waals surface area contributed by atoms with E-state index in [1.807, 2.05) is 12.3 Å². The zero-order chi connectivity index (χ0) is 12.0. The van der Waals surface area contributed by atoms with Crippen molar-refractivity contribution in [2.24, 2.45) is 0 Å². The third-order valence-corrected chi connectivity index (χ3v) is 3.54. The Morgan fingerprint density at radius 3 is 2.81 bits per heavy atom. The predicted octanol–water partition coefficient (Wildman–Crippen LogP) is 3.44. The Morgan fingerprint density at radius 2 is 2.31 bits per heavy atom. The second-order valence-electron chi connectivity index (χ2n) is 3.08. The van der Waals surface area contributed by atoms with Crippen LogP contribution in [0.1, 0.15) is 24.4 Å². The first-order valence-electron chi connectivity index (χ1n) is 4.86. The summed E-state index contributed by atoms with van der Waals surface area (Å²) in [7, 11) is 0. The largest absolute Gasteiger partial charge is 0.441 e. The predicted molar refractivity (Wildman–Crippen MR) is 61.7 cm³/mol. The van der Waals surface area contributed by atoms with E-state index in [0.29, 0.717) is 6.54 Å². The van der Waals surface area contributed by atoms with E-state index in [1.54, 1.807) is 6.20 Å². The van der Waals surface area contributed by atoms with Crippen molar-refractivity contribution in [2.75, 3.05) is 12.3 Å². The molecule has 2 nitrogen and oxygen atoms in total. The summed E-state index contributed by atoms with van der Waals surface area (Å²) in [6.07, 6.45) is 2.53. The molecule has 1 aromatic heterocycles. The van der Waals surface area contributed by atoms with E-state index >= 15 is 0 Å². The van der Waals surface area contributed by atoms with E-state index in [4.69, 9.17) is 0 Å². The fraction of sp³-hybridized carbons (Fsp3) is 0.667. The maximum Gasteiger partial charge on any atom is 0.441 e. The SMILES string of the molecule is CCC(NCCSC(F)(F)F)c1nccs1. The van der Waals surface area contributed by atoms with E-state index in [2.05, 4.69) is 10.3 Å². The number of aromatic nitrogens is 1. The van der Waals surface area contributed by atoms with E-state index < -0.39 is 5.51 Å². The van der Waals surface area contributed by atoms with Crippen LogP contribution in [0.3, 0.4) is 0 Å². The van der Waals surface area contributed by atoms with Crippen molar-refractivity contribution in [3.63, 3.8) is 0 Å². The number of thiazole rings is 1. The van der Waals surface area contributed by atoms with Crippen LogP contribution in [0.15, 0.2) is 11.6 Å². The summed E-state index contributed by atoms with van der Waals surface area (Å²) in [5.74, 6) is 0.0331. The molecule has 1 N–H and O–H groups in total. The average molecular weight is 270 g/mol. The van der Waals surface area contributed by atoms with Gasteiger partial charge >= 0.3 is 5.51 Å². The van der Waals surface area contributed by atoms with Crippen LogP contribution in [-0.4, -0.2) is 22.8 Å². The Bertz CT molecular complexity index is 287. The normalized spacial score (nSPS) is 14.0. The Labute approximate surface area is 101 Å². The smallest absolute Gasteiger partial charge is 0.307 e. The summed E-state index contributed by atoms with van der Waals surface area (Å²) in [6.45, 7) is 2.32. The number of nitrogens with one attached hydrogen (secondary N) is 1. The molecule has 0 spiro atoms. The molecule has 7 heteroatoms. The molecule has 0 saturated carbocycles. The standard InChI is InChI=1S/C9H13F3N2S2/c1-2-7(8-14-3-5-15-8)13-4-6-16-9(10,11)12/h3,5,7,13H,2,4,6H2,1H3. The number of hydrogen-bond acceptors (Lipinski definition) is 4. The Kier molecular flexibility index (Phi) is 5.57. The molecule has 0 aromatic carbocycles. The lowest BCUT2D eigenvalue weighted by Gasteiger charge is -2.14. The van der Waals surface area contributed by atoms with E-state index in [0.717, 1.165) is 11.4 Å². The highest BCUT2D eigenvalue weighted by atomic mass is 32.2. The van der Waals surface area contributed by atoms with Crippen molar-refractivity contribution >= 4 is 23.1 Å².